The number of nitrogens with zero attached hydrogens (tertiary/aromatic N) is 1. The maximum atomic E-state index is 11.0. The van der Waals surface area contributed by atoms with E-state index < -0.39 is 5.60 Å². The summed E-state index contributed by atoms with van der Waals surface area (Å²) in [7, 11) is 1.42. The Morgan fingerprint density at radius 2 is 2.04 bits per heavy atom. The van der Waals surface area contributed by atoms with Gasteiger partial charge in [-0.25, -0.2) is 4.99 Å². The van der Waals surface area contributed by atoms with Gasteiger partial charge in [0.15, 0.2) is 5.96 Å². The summed E-state index contributed by atoms with van der Waals surface area (Å²) in [6.07, 6.45) is 4.43. The Kier molecular flexibility index (Phi) is 13.7. The Morgan fingerprint density at radius 1 is 1.31 bits per heavy atom. The minimum Gasteiger partial charge on any atom is -0.469 e. The molecule has 0 aromatic carbocycles. The molecule has 6 nitrogen and oxygen atoms in total. The van der Waals surface area contributed by atoms with Gasteiger partial charge < -0.3 is 20.5 Å². The number of rotatable bonds is 11. The third kappa shape index (κ3) is 10.3. The quantitative estimate of drug-likeness (QED) is 0.144. The predicted octanol–water partition coefficient (Wildman–Crippen LogP) is 3.25. The van der Waals surface area contributed by atoms with Gasteiger partial charge in [-0.05, 0) is 49.1 Å². The molecule has 1 rings (SSSR count). The van der Waals surface area contributed by atoms with Gasteiger partial charge in [0.25, 0.3) is 0 Å². The molecule has 3 N–H and O–H groups in total. The van der Waals surface area contributed by atoms with Gasteiger partial charge in [-0.2, -0.15) is 11.3 Å². The van der Waals surface area contributed by atoms with E-state index >= 15 is 0 Å². The standard InChI is InChI=1S/C18H31N3O3S.HI/c1-4-19-17(20-11-8-6-5-7-9-16(22)24-3)21-14-18(2,23)15-10-12-25-13-15;/h10,12-13,23H,4-9,11,14H2,1-3H3,(H2,19,20,21);1H. The second-order valence-electron chi connectivity index (χ2n) is 6.15. The predicted molar refractivity (Wildman–Crippen MR) is 118 cm³/mol. The van der Waals surface area contributed by atoms with E-state index in [1.807, 2.05) is 23.8 Å². The van der Waals surface area contributed by atoms with Gasteiger partial charge in [-0.15, -0.1) is 24.0 Å². The maximum absolute atomic E-state index is 11.0. The van der Waals surface area contributed by atoms with Crippen LogP contribution >= 0.6 is 35.3 Å². The zero-order valence-electron chi connectivity index (χ0n) is 15.9. The van der Waals surface area contributed by atoms with Crippen LogP contribution in [0.2, 0.25) is 0 Å². The fraction of sp³-hybridized carbons (Fsp3) is 0.667. The number of aliphatic imine (C=N–C) groups is 1. The smallest absolute Gasteiger partial charge is 0.305 e. The number of methoxy groups -OCH3 is 1. The molecular formula is C18H32IN3O3S. The summed E-state index contributed by atoms with van der Waals surface area (Å²) in [5.41, 5.74) is -0.0707. The number of carbonyl (C=O) groups is 1. The summed E-state index contributed by atoms with van der Waals surface area (Å²) in [6.45, 7) is 5.68. The largest absolute Gasteiger partial charge is 0.469 e. The second kappa shape index (κ2) is 14.2. The molecule has 0 amide bonds. The number of unbranched alkanes of at least 4 members (excludes halogenated alkanes) is 3. The Bertz CT molecular complexity index is 522. The summed E-state index contributed by atoms with van der Waals surface area (Å²) < 4.78 is 4.62. The molecule has 1 atom stereocenters. The van der Waals surface area contributed by atoms with Crippen molar-refractivity contribution in [3.8, 4) is 0 Å². The molecule has 1 heterocycles. The van der Waals surface area contributed by atoms with Gasteiger partial charge in [-0.1, -0.05) is 12.8 Å². The SMILES string of the molecule is CCNC(=NCC(C)(O)c1ccsc1)NCCCCCCC(=O)OC.I. The van der Waals surface area contributed by atoms with Crippen molar-refractivity contribution in [3.05, 3.63) is 22.4 Å². The highest BCUT2D eigenvalue weighted by atomic mass is 127. The second-order valence-corrected chi connectivity index (χ2v) is 6.93. The molecule has 0 aliphatic heterocycles. The van der Waals surface area contributed by atoms with Crippen LogP contribution in [0.15, 0.2) is 21.8 Å². The number of ether oxygens (including phenoxy) is 1. The number of hydrogen-bond donors (Lipinski definition) is 3. The van der Waals surface area contributed by atoms with E-state index in [0.29, 0.717) is 18.9 Å². The first-order valence-electron chi connectivity index (χ1n) is 8.83. The van der Waals surface area contributed by atoms with Crippen molar-refractivity contribution in [1.29, 1.82) is 0 Å². The van der Waals surface area contributed by atoms with Gasteiger partial charge in [0, 0.05) is 19.5 Å². The summed E-state index contributed by atoms with van der Waals surface area (Å²) in [5.74, 6) is 0.574. The number of carbonyl (C=O) groups excluding carboxylic acids is 1. The molecule has 0 radical (unpaired) electrons. The summed E-state index contributed by atoms with van der Waals surface area (Å²) >= 11 is 1.57. The van der Waals surface area contributed by atoms with E-state index in [4.69, 9.17) is 0 Å². The number of hydrogen-bond acceptors (Lipinski definition) is 5. The minimum absolute atomic E-state index is 0. The highest BCUT2D eigenvalue weighted by Crippen LogP contribution is 2.23. The monoisotopic (exact) mass is 497 g/mol. The van der Waals surface area contributed by atoms with Crippen molar-refractivity contribution in [2.75, 3.05) is 26.7 Å². The lowest BCUT2D eigenvalue weighted by Gasteiger charge is -2.21. The number of aliphatic hydroxyl groups is 1. The Morgan fingerprint density at radius 3 is 2.65 bits per heavy atom. The molecule has 8 heteroatoms. The Hall–Kier alpha value is -0.870. The molecule has 0 aliphatic rings. The van der Waals surface area contributed by atoms with Crippen molar-refractivity contribution >= 4 is 47.2 Å². The third-order valence-electron chi connectivity index (χ3n) is 3.86. The number of thiophene rings is 1. The van der Waals surface area contributed by atoms with Crippen molar-refractivity contribution in [1.82, 2.24) is 10.6 Å². The van der Waals surface area contributed by atoms with Crippen LogP contribution in [0.5, 0.6) is 0 Å². The topological polar surface area (TPSA) is 83.0 Å². The van der Waals surface area contributed by atoms with E-state index in [1.54, 1.807) is 18.3 Å². The van der Waals surface area contributed by atoms with Crippen LogP contribution in [-0.2, 0) is 15.1 Å². The Labute approximate surface area is 177 Å². The molecule has 1 unspecified atom stereocenters. The first-order chi connectivity index (χ1) is 12.0. The molecule has 0 saturated carbocycles. The van der Waals surface area contributed by atoms with Crippen molar-refractivity contribution in [3.63, 3.8) is 0 Å². The zero-order chi connectivity index (χ0) is 18.5. The van der Waals surface area contributed by atoms with E-state index in [9.17, 15) is 9.90 Å². The average Bonchev–Trinajstić information content (AvgIpc) is 3.14. The van der Waals surface area contributed by atoms with Crippen LogP contribution in [0.4, 0.5) is 0 Å². The van der Waals surface area contributed by atoms with Gasteiger partial charge in [0.05, 0.1) is 13.7 Å². The number of halogens is 1. The number of guanidine groups is 1. The molecule has 150 valence electrons. The van der Waals surface area contributed by atoms with E-state index in [2.05, 4.69) is 20.4 Å². The summed E-state index contributed by atoms with van der Waals surface area (Å²) in [4.78, 5) is 15.5. The maximum Gasteiger partial charge on any atom is 0.305 e. The number of nitrogens with one attached hydrogen (secondary N) is 2. The Balaban J connectivity index is 0.00000625. The van der Waals surface area contributed by atoms with Crippen molar-refractivity contribution < 1.29 is 14.6 Å². The molecule has 1 aromatic heterocycles. The summed E-state index contributed by atoms with van der Waals surface area (Å²) in [6, 6.07) is 1.93. The van der Waals surface area contributed by atoms with Crippen LogP contribution in [0.3, 0.4) is 0 Å². The van der Waals surface area contributed by atoms with Crippen LogP contribution in [-0.4, -0.2) is 43.8 Å². The van der Waals surface area contributed by atoms with Crippen molar-refractivity contribution in [2.45, 2.75) is 51.6 Å². The molecular weight excluding hydrogens is 465 g/mol. The highest BCUT2D eigenvalue weighted by Gasteiger charge is 2.23. The first-order valence-corrected chi connectivity index (χ1v) is 9.78. The molecule has 0 saturated heterocycles. The summed E-state index contributed by atoms with van der Waals surface area (Å²) in [5, 5.41) is 20.9. The molecule has 0 aliphatic carbocycles. The van der Waals surface area contributed by atoms with Gasteiger partial charge >= 0.3 is 5.97 Å². The normalized spacial score (nSPS) is 13.5. The van der Waals surface area contributed by atoms with Crippen LogP contribution in [0.1, 0.15) is 51.5 Å². The van der Waals surface area contributed by atoms with Crippen LogP contribution in [0, 0.1) is 0 Å². The average molecular weight is 497 g/mol. The van der Waals surface area contributed by atoms with Crippen molar-refractivity contribution in [2.24, 2.45) is 4.99 Å². The lowest BCUT2D eigenvalue weighted by Crippen LogP contribution is -2.39. The molecule has 0 spiro atoms. The van der Waals surface area contributed by atoms with E-state index in [0.717, 1.165) is 44.3 Å². The lowest BCUT2D eigenvalue weighted by atomic mass is 10.00. The van der Waals surface area contributed by atoms with Gasteiger partial charge in [-0.3, -0.25) is 4.79 Å². The minimum atomic E-state index is -0.962. The third-order valence-corrected chi connectivity index (χ3v) is 4.54. The van der Waals surface area contributed by atoms with Gasteiger partial charge in [0.1, 0.15) is 5.60 Å². The highest BCUT2D eigenvalue weighted by molar-refractivity contribution is 14.0. The molecule has 0 fully saturated rings. The fourth-order valence-electron chi connectivity index (χ4n) is 2.29. The lowest BCUT2D eigenvalue weighted by molar-refractivity contribution is -0.140. The van der Waals surface area contributed by atoms with E-state index in [-0.39, 0.29) is 29.9 Å². The van der Waals surface area contributed by atoms with E-state index in [1.165, 1.54) is 7.11 Å². The first kappa shape index (κ1) is 25.1. The molecule has 0 bridgehead atoms. The molecule has 1 aromatic rings. The number of esters is 1. The fourth-order valence-corrected chi connectivity index (χ4v) is 3.08. The van der Waals surface area contributed by atoms with Crippen LogP contribution in [0.25, 0.3) is 0 Å². The van der Waals surface area contributed by atoms with Crippen LogP contribution < -0.4 is 10.6 Å². The zero-order valence-corrected chi connectivity index (χ0v) is 19.1. The van der Waals surface area contributed by atoms with Gasteiger partial charge in [0.2, 0.25) is 0 Å². The molecule has 26 heavy (non-hydrogen) atoms.